The highest BCUT2D eigenvalue weighted by Gasteiger charge is 2.19. The van der Waals surface area contributed by atoms with Crippen molar-refractivity contribution in [2.24, 2.45) is 11.5 Å². The van der Waals surface area contributed by atoms with Crippen LogP contribution in [0.1, 0.15) is 155 Å². The molecule has 1 unspecified atom stereocenters. The van der Waals surface area contributed by atoms with E-state index in [2.05, 4.69) is 13.8 Å². The molecule has 0 aromatic rings. The minimum absolute atomic E-state index is 0.0523. The summed E-state index contributed by atoms with van der Waals surface area (Å²) >= 11 is 0. The molecule has 4 nitrogen and oxygen atoms in total. The molecule has 0 fully saturated rings. The number of rotatable bonds is 26. The molecule has 0 radical (unpaired) electrons. The molecule has 0 saturated carbocycles. The lowest BCUT2D eigenvalue weighted by molar-refractivity contribution is -0.132. The first kappa shape index (κ1) is 32.4. The van der Waals surface area contributed by atoms with Gasteiger partial charge in [0.25, 0.3) is 0 Å². The van der Waals surface area contributed by atoms with Crippen molar-refractivity contribution in [1.82, 2.24) is 4.90 Å². The van der Waals surface area contributed by atoms with Crippen LogP contribution in [0.25, 0.3) is 0 Å². The SMILES string of the molecule is CCCCCCCCCCCCCCN(CCCCCCCCCCCC)C(=O)C(N)CN. The molecule has 33 heavy (non-hydrogen) atoms. The molecule has 4 N–H and O–H groups in total. The summed E-state index contributed by atoms with van der Waals surface area (Å²) in [5.74, 6) is 0.0523. The van der Waals surface area contributed by atoms with E-state index in [0.29, 0.717) is 0 Å². The van der Waals surface area contributed by atoms with Gasteiger partial charge in [0, 0.05) is 19.6 Å². The molecule has 4 heteroatoms. The van der Waals surface area contributed by atoms with Gasteiger partial charge in [-0.1, -0.05) is 142 Å². The highest BCUT2D eigenvalue weighted by atomic mass is 16.2. The molecule has 0 rings (SSSR count). The molecule has 0 aromatic carbocycles. The van der Waals surface area contributed by atoms with E-state index in [1.54, 1.807) is 0 Å². The van der Waals surface area contributed by atoms with Crippen LogP contribution < -0.4 is 11.5 Å². The van der Waals surface area contributed by atoms with Crippen molar-refractivity contribution in [3.63, 3.8) is 0 Å². The number of nitrogens with two attached hydrogens (primary N) is 2. The molecule has 0 bridgehead atoms. The lowest BCUT2D eigenvalue weighted by Crippen LogP contribution is -2.48. The van der Waals surface area contributed by atoms with Gasteiger partial charge in [0.2, 0.25) is 5.91 Å². The Labute approximate surface area is 208 Å². The van der Waals surface area contributed by atoms with Gasteiger partial charge in [0.1, 0.15) is 0 Å². The van der Waals surface area contributed by atoms with Gasteiger partial charge in [-0.15, -0.1) is 0 Å². The molecule has 0 spiro atoms. The van der Waals surface area contributed by atoms with Crippen molar-refractivity contribution in [2.45, 2.75) is 161 Å². The summed E-state index contributed by atoms with van der Waals surface area (Å²) in [5.41, 5.74) is 11.6. The Morgan fingerprint density at radius 3 is 1.09 bits per heavy atom. The summed E-state index contributed by atoms with van der Waals surface area (Å²) in [6, 6.07) is -0.537. The summed E-state index contributed by atoms with van der Waals surface area (Å²) in [6.45, 7) is 6.49. The number of carbonyl (C=O) groups is 1. The van der Waals surface area contributed by atoms with Gasteiger partial charge in [0.15, 0.2) is 0 Å². The third-order valence-electron chi connectivity index (χ3n) is 6.95. The molecule has 1 atom stereocenters. The van der Waals surface area contributed by atoms with Gasteiger partial charge in [0.05, 0.1) is 6.04 Å². The maximum Gasteiger partial charge on any atom is 0.240 e. The molecule has 0 aliphatic rings. The number of nitrogens with zero attached hydrogens (tertiary/aromatic N) is 1. The first-order valence-corrected chi connectivity index (χ1v) is 14.9. The second-order valence-corrected chi connectivity index (χ2v) is 10.2. The first-order chi connectivity index (χ1) is 16.2. The van der Waals surface area contributed by atoms with E-state index >= 15 is 0 Å². The van der Waals surface area contributed by atoms with Crippen molar-refractivity contribution < 1.29 is 4.79 Å². The zero-order valence-electron chi connectivity index (χ0n) is 22.8. The van der Waals surface area contributed by atoms with Crippen LogP contribution in [0.3, 0.4) is 0 Å². The van der Waals surface area contributed by atoms with Crippen molar-refractivity contribution in [2.75, 3.05) is 19.6 Å². The van der Waals surface area contributed by atoms with Crippen molar-refractivity contribution in [1.29, 1.82) is 0 Å². The Morgan fingerprint density at radius 2 is 0.818 bits per heavy atom. The molecule has 0 aliphatic carbocycles. The molecule has 1 amide bonds. The summed E-state index contributed by atoms with van der Waals surface area (Å²) in [4.78, 5) is 14.6. The maximum atomic E-state index is 12.6. The zero-order chi connectivity index (χ0) is 24.4. The van der Waals surface area contributed by atoms with Gasteiger partial charge in [-0.25, -0.2) is 0 Å². The second-order valence-electron chi connectivity index (χ2n) is 10.2. The number of unbranched alkanes of at least 4 members (excludes halogenated alkanes) is 20. The van der Waals surface area contributed by atoms with E-state index in [1.807, 2.05) is 4.90 Å². The van der Waals surface area contributed by atoms with Gasteiger partial charge in [-0.05, 0) is 12.8 Å². The Morgan fingerprint density at radius 1 is 0.545 bits per heavy atom. The van der Waals surface area contributed by atoms with Crippen LogP contribution in [0.5, 0.6) is 0 Å². The van der Waals surface area contributed by atoms with Crippen LogP contribution in [0.2, 0.25) is 0 Å². The highest BCUT2D eigenvalue weighted by molar-refractivity contribution is 5.81. The fourth-order valence-corrected chi connectivity index (χ4v) is 4.60. The highest BCUT2D eigenvalue weighted by Crippen LogP contribution is 2.14. The topological polar surface area (TPSA) is 72.3 Å². The quantitative estimate of drug-likeness (QED) is 0.128. The summed E-state index contributed by atoms with van der Waals surface area (Å²) < 4.78 is 0. The molecule has 0 aliphatic heterocycles. The number of hydrogen-bond acceptors (Lipinski definition) is 3. The summed E-state index contributed by atoms with van der Waals surface area (Å²) in [7, 11) is 0. The van der Waals surface area contributed by atoms with Gasteiger partial charge < -0.3 is 16.4 Å². The maximum absolute atomic E-state index is 12.6. The van der Waals surface area contributed by atoms with Crippen molar-refractivity contribution >= 4 is 5.91 Å². The standard InChI is InChI=1S/C29H61N3O/c1-3-5-7-9-11-13-15-16-18-20-22-24-26-32(29(33)28(31)27-30)25-23-21-19-17-14-12-10-8-6-4-2/h28H,3-27,30-31H2,1-2H3. The van der Waals surface area contributed by atoms with Gasteiger partial charge in [-0.3, -0.25) is 4.79 Å². The van der Waals surface area contributed by atoms with Crippen LogP contribution in [0.15, 0.2) is 0 Å². The smallest absolute Gasteiger partial charge is 0.240 e. The summed E-state index contributed by atoms with van der Waals surface area (Å²) in [6.07, 6.45) is 29.3. The van der Waals surface area contributed by atoms with E-state index in [-0.39, 0.29) is 12.5 Å². The molecular formula is C29H61N3O. The van der Waals surface area contributed by atoms with E-state index in [1.165, 1.54) is 128 Å². The molecule has 0 heterocycles. The fourth-order valence-electron chi connectivity index (χ4n) is 4.60. The van der Waals surface area contributed by atoms with Crippen molar-refractivity contribution in [3.05, 3.63) is 0 Å². The lowest BCUT2D eigenvalue weighted by Gasteiger charge is -2.25. The Kier molecular flexibility index (Phi) is 25.5. The van der Waals surface area contributed by atoms with Crippen LogP contribution in [0, 0.1) is 0 Å². The van der Waals surface area contributed by atoms with Crippen LogP contribution >= 0.6 is 0 Å². The Hall–Kier alpha value is -0.610. The first-order valence-electron chi connectivity index (χ1n) is 14.9. The van der Waals surface area contributed by atoms with E-state index in [4.69, 9.17) is 11.5 Å². The van der Waals surface area contributed by atoms with Crippen LogP contribution in [-0.4, -0.2) is 36.5 Å². The van der Waals surface area contributed by atoms with E-state index in [9.17, 15) is 4.79 Å². The van der Waals surface area contributed by atoms with Crippen LogP contribution in [0.4, 0.5) is 0 Å². The minimum Gasteiger partial charge on any atom is -0.341 e. The fraction of sp³-hybridized carbons (Fsp3) is 0.966. The number of hydrogen-bond donors (Lipinski definition) is 2. The lowest BCUT2D eigenvalue weighted by atomic mass is 10.0. The average molecular weight is 468 g/mol. The predicted octanol–water partition coefficient (Wildman–Crippen LogP) is 7.72. The molecular weight excluding hydrogens is 406 g/mol. The Bertz CT molecular complexity index is 402. The zero-order valence-corrected chi connectivity index (χ0v) is 22.8. The largest absolute Gasteiger partial charge is 0.341 e. The molecule has 198 valence electrons. The second kappa shape index (κ2) is 26.0. The molecule has 0 aromatic heterocycles. The van der Waals surface area contributed by atoms with Gasteiger partial charge in [-0.2, -0.15) is 0 Å². The van der Waals surface area contributed by atoms with Gasteiger partial charge >= 0.3 is 0 Å². The van der Waals surface area contributed by atoms with E-state index in [0.717, 1.165) is 25.9 Å². The minimum atomic E-state index is -0.537. The number of carbonyl (C=O) groups excluding carboxylic acids is 1. The third kappa shape index (κ3) is 21.6. The molecule has 0 saturated heterocycles. The van der Waals surface area contributed by atoms with Crippen LogP contribution in [-0.2, 0) is 4.79 Å². The monoisotopic (exact) mass is 467 g/mol. The third-order valence-corrected chi connectivity index (χ3v) is 6.95. The average Bonchev–Trinajstić information content (AvgIpc) is 2.83. The van der Waals surface area contributed by atoms with E-state index < -0.39 is 6.04 Å². The normalized spacial score (nSPS) is 12.2. The van der Waals surface area contributed by atoms with Crippen molar-refractivity contribution in [3.8, 4) is 0 Å². The predicted molar refractivity (Wildman–Crippen MR) is 147 cm³/mol. The number of amides is 1. The Balaban J connectivity index is 3.81. The summed E-state index contributed by atoms with van der Waals surface area (Å²) in [5, 5.41) is 0.